The molecule has 0 saturated carbocycles. The zero-order chi connectivity index (χ0) is 23.1. The number of likely N-dealkylation sites (N-methyl/N-ethyl adjacent to an activating group) is 1. The summed E-state index contributed by atoms with van der Waals surface area (Å²) >= 11 is 1.26. The van der Waals surface area contributed by atoms with Gasteiger partial charge in [0.2, 0.25) is 5.91 Å². The van der Waals surface area contributed by atoms with Gasteiger partial charge in [0.15, 0.2) is 5.13 Å². The van der Waals surface area contributed by atoms with E-state index >= 15 is 0 Å². The fourth-order valence-corrected chi connectivity index (χ4v) is 4.07. The first-order chi connectivity index (χ1) is 15.0. The molecule has 1 amide bonds. The highest BCUT2D eigenvalue weighted by molar-refractivity contribution is 7.14. The fourth-order valence-electron chi connectivity index (χ4n) is 3.37. The van der Waals surface area contributed by atoms with Crippen LogP contribution < -0.4 is 15.4 Å². The van der Waals surface area contributed by atoms with Gasteiger partial charge in [-0.15, -0.1) is 11.3 Å². The number of alkyl halides is 3. The zero-order valence-corrected chi connectivity index (χ0v) is 18.3. The van der Waals surface area contributed by atoms with E-state index in [-0.39, 0.29) is 23.4 Å². The second kappa shape index (κ2) is 8.05. The molecule has 0 aliphatic carbocycles. The first-order valence-electron chi connectivity index (χ1n) is 9.71. The number of anilines is 2. The third-order valence-electron chi connectivity index (χ3n) is 4.87. The number of carbonyl (C=O) groups is 1. The van der Waals surface area contributed by atoms with Gasteiger partial charge in [-0.3, -0.25) is 9.78 Å². The summed E-state index contributed by atoms with van der Waals surface area (Å²) in [6.45, 7) is 4.01. The number of hydrogen-bond acceptors (Lipinski definition) is 7. The van der Waals surface area contributed by atoms with E-state index in [0.717, 1.165) is 30.0 Å². The summed E-state index contributed by atoms with van der Waals surface area (Å²) in [4.78, 5) is 24.6. The van der Waals surface area contributed by atoms with Crippen molar-refractivity contribution in [3.63, 3.8) is 0 Å². The second-order valence-corrected chi connectivity index (χ2v) is 8.82. The van der Waals surface area contributed by atoms with Crippen LogP contribution in [0.2, 0.25) is 0 Å². The number of ether oxygens (including phenoxy) is 1. The molecule has 4 rings (SSSR count). The Labute approximate surface area is 186 Å². The molecule has 0 saturated heterocycles. The maximum absolute atomic E-state index is 13.1. The predicted molar refractivity (Wildman–Crippen MR) is 114 cm³/mol. The number of rotatable bonds is 5. The van der Waals surface area contributed by atoms with Crippen LogP contribution in [0.3, 0.4) is 0 Å². The van der Waals surface area contributed by atoms with E-state index in [0.29, 0.717) is 16.5 Å². The molecule has 4 heterocycles. The number of hydrogen-bond donors (Lipinski definition) is 2. The molecular formula is C21H20F3N5O2S. The highest BCUT2D eigenvalue weighted by Gasteiger charge is 2.32. The maximum Gasteiger partial charge on any atom is 0.417 e. The minimum atomic E-state index is -4.56. The van der Waals surface area contributed by atoms with Crippen LogP contribution >= 0.6 is 11.3 Å². The van der Waals surface area contributed by atoms with Gasteiger partial charge in [-0.2, -0.15) is 13.2 Å². The van der Waals surface area contributed by atoms with Crippen molar-refractivity contribution in [2.24, 2.45) is 0 Å². The summed E-state index contributed by atoms with van der Waals surface area (Å²) in [7, 11) is 1.42. The third kappa shape index (κ3) is 4.67. The summed E-state index contributed by atoms with van der Waals surface area (Å²) < 4.78 is 45.1. The van der Waals surface area contributed by atoms with Crippen molar-refractivity contribution < 1.29 is 22.7 Å². The molecule has 2 N–H and O–H groups in total. The predicted octanol–water partition coefficient (Wildman–Crippen LogP) is 4.36. The van der Waals surface area contributed by atoms with Gasteiger partial charge in [0.05, 0.1) is 23.9 Å². The average molecular weight is 463 g/mol. The number of pyridine rings is 2. The molecule has 7 nitrogen and oxygen atoms in total. The van der Waals surface area contributed by atoms with E-state index < -0.39 is 17.6 Å². The number of amides is 1. The first-order valence-corrected chi connectivity index (χ1v) is 10.6. The Bertz CT molecular complexity index is 1180. The van der Waals surface area contributed by atoms with Gasteiger partial charge in [0, 0.05) is 36.2 Å². The average Bonchev–Trinajstić information content (AvgIpc) is 3.30. The topological polar surface area (TPSA) is 89.0 Å². The van der Waals surface area contributed by atoms with Crippen molar-refractivity contribution >= 4 is 28.2 Å². The van der Waals surface area contributed by atoms with Crippen LogP contribution in [0.4, 0.5) is 24.1 Å². The van der Waals surface area contributed by atoms with Gasteiger partial charge in [0.25, 0.3) is 0 Å². The minimum Gasteiger partial charge on any atom is -0.486 e. The Balaban J connectivity index is 1.59. The number of halogens is 3. The van der Waals surface area contributed by atoms with Crippen molar-refractivity contribution in [2.45, 2.75) is 38.5 Å². The summed E-state index contributed by atoms with van der Waals surface area (Å²) in [6.07, 6.45) is -1.66. The Morgan fingerprint density at radius 3 is 2.72 bits per heavy atom. The third-order valence-corrected chi connectivity index (χ3v) is 5.62. The van der Waals surface area contributed by atoms with E-state index in [9.17, 15) is 18.0 Å². The minimum absolute atomic E-state index is 0.117. The van der Waals surface area contributed by atoms with Crippen LogP contribution in [0.5, 0.6) is 5.75 Å². The van der Waals surface area contributed by atoms with Gasteiger partial charge < -0.3 is 15.4 Å². The molecule has 0 aromatic carbocycles. The lowest BCUT2D eigenvalue weighted by Crippen LogP contribution is -2.24. The van der Waals surface area contributed by atoms with Crippen LogP contribution in [-0.2, 0) is 23.8 Å². The van der Waals surface area contributed by atoms with Gasteiger partial charge in [-0.25, -0.2) is 9.97 Å². The number of fused-ring (bicyclic) bond motifs is 1. The van der Waals surface area contributed by atoms with E-state index in [1.807, 2.05) is 19.9 Å². The zero-order valence-electron chi connectivity index (χ0n) is 17.5. The van der Waals surface area contributed by atoms with Gasteiger partial charge in [-0.1, -0.05) is 0 Å². The maximum atomic E-state index is 13.1. The van der Waals surface area contributed by atoms with Crippen molar-refractivity contribution in [1.29, 1.82) is 0 Å². The van der Waals surface area contributed by atoms with E-state index in [1.54, 1.807) is 11.6 Å². The van der Waals surface area contributed by atoms with Gasteiger partial charge >= 0.3 is 6.18 Å². The van der Waals surface area contributed by atoms with Crippen LogP contribution in [0.25, 0.3) is 11.4 Å². The second-order valence-electron chi connectivity index (χ2n) is 7.96. The first kappa shape index (κ1) is 22.0. The molecule has 0 atom stereocenters. The number of nitrogens with zero attached hydrogens (tertiary/aromatic N) is 3. The summed E-state index contributed by atoms with van der Waals surface area (Å²) in [5.41, 5.74) is 1.23. The van der Waals surface area contributed by atoms with Crippen molar-refractivity contribution in [1.82, 2.24) is 20.3 Å². The molecule has 3 aromatic heterocycles. The molecule has 11 heteroatoms. The Hall–Kier alpha value is -3.21. The van der Waals surface area contributed by atoms with E-state index in [4.69, 9.17) is 4.74 Å². The number of carbonyl (C=O) groups excluding carboxylic acids is 1. The fraction of sp³-hybridized carbons (Fsp3) is 0.333. The molecule has 1 aliphatic heterocycles. The Morgan fingerprint density at radius 1 is 1.22 bits per heavy atom. The monoisotopic (exact) mass is 463 g/mol. The standard InChI is InChI=1S/C21H20F3N5O2S/c1-20(2)7-12-5-14(26-9-16(12)31-20)15-10-32-19(28-15)29-18-11(6-17(30)25-3)4-13(8-27-18)21(22,23)24/h4-5,8-10H,6-7H2,1-3H3,(H,25,30)(H,27,28,29). The highest BCUT2D eigenvalue weighted by Crippen LogP contribution is 2.37. The lowest BCUT2D eigenvalue weighted by Gasteiger charge is -2.16. The molecule has 0 radical (unpaired) electrons. The molecule has 0 unspecified atom stereocenters. The number of thiazole rings is 1. The Morgan fingerprint density at radius 2 is 2.00 bits per heavy atom. The van der Waals surface area contributed by atoms with Crippen molar-refractivity contribution in [3.8, 4) is 17.1 Å². The molecule has 3 aromatic rings. The van der Waals surface area contributed by atoms with E-state index in [2.05, 4.69) is 25.6 Å². The molecule has 1 aliphatic rings. The van der Waals surface area contributed by atoms with Crippen LogP contribution in [0, 0.1) is 0 Å². The molecule has 0 spiro atoms. The largest absolute Gasteiger partial charge is 0.486 e. The van der Waals surface area contributed by atoms with E-state index in [1.165, 1.54) is 18.4 Å². The molecule has 0 fully saturated rings. The lowest BCUT2D eigenvalue weighted by atomic mass is 10.0. The van der Waals surface area contributed by atoms with Crippen LogP contribution in [-0.4, -0.2) is 33.5 Å². The van der Waals surface area contributed by atoms with Crippen LogP contribution in [0.15, 0.2) is 29.9 Å². The summed E-state index contributed by atoms with van der Waals surface area (Å²) in [5.74, 6) is 0.459. The number of aromatic nitrogens is 3. The SMILES string of the molecule is CNC(=O)Cc1cc(C(F)(F)F)cnc1Nc1nc(-c2cc3c(cn2)OC(C)(C)C3)cs1. The molecule has 168 valence electrons. The summed E-state index contributed by atoms with van der Waals surface area (Å²) in [5, 5.41) is 7.55. The summed E-state index contributed by atoms with van der Waals surface area (Å²) in [6, 6.07) is 2.85. The van der Waals surface area contributed by atoms with Crippen LogP contribution in [0.1, 0.15) is 30.5 Å². The Kier molecular flexibility index (Phi) is 5.53. The normalized spacial score (nSPS) is 14.6. The highest BCUT2D eigenvalue weighted by atomic mass is 32.1. The van der Waals surface area contributed by atoms with Gasteiger partial charge in [-0.05, 0) is 26.0 Å². The quantitative estimate of drug-likeness (QED) is 0.584. The molecule has 32 heavy (non-hydrogen) atoms. The van der Waals surface area contributed by atoms with Crippen molar-refractivity contribution in [3.05, 3.63) is 46.6 Å². The lowest BCUT2D eigenvalue weighted by molar-refractivity contribution is -0.138. The number of nitrogens with one attached hydrogen (secondary N) is 2. The smallest absolute Gasteiger partial charge is 0.417 e. The van der Waals surface area contributed by atoms with Crippen molar-refractivity contribution in [2.75, 3.05) is 12.4 Å². The molecular weight excluding hydrogens is 443 g/mol. The molecule has 0 bridgehead atoms. The van der Waals surface area contributed by atoms with Gasteiger partial charge in [0.1, 0.15) is 22.9 Å².